The Hall–Kier alpha value is -0.980. The number of benzene rings is 1. The summed E-state index contributed by atoms with van der Waals surface area (Å²) in [6, 6.07) is 3.82. The summed E-state index contributed by atoms with van der Waals surface area (Å²) in [5.41, 5.74) is 0.0782. The second kappa shape index (κ2) is 5.19. The van der Waals surface area contributed by atoms with Gasteiger partial charge in [0.25, 0.3) is 0 Å². The van der Waals surface area contributed by atoms with Gasteiger partial charge in [-0.05, 0) is 57.5 Å². The average Bonchev–Trinajstić information content (AvgIpc) is 2.31. The summed E-state index contributed by atoms with van der Waals surface area (Å²) in [5, 5.41) is 3.19. The second-order valence-electron chi connectivity index (χ2n) is 5.33. The Morgan fingerprint density at radius 2 is 1.95 bits per heavy atom. The number of hydrogen-bond donors (Lipinski definition) is 2. The maximum absolute atomic E-state index is 13.2. The number of sulfonamides is 1. The fourth-order valence-corrected chi connectivity index (χ4v) is 4.05. The van der Waals surface area contributed by atoms with Crippen LogP contribution in [0.1, 0.15) is 25.3 Å². The van der Waals surface area contributed by atoms with E-state index in [1.165, 1.54) is 12.1 Å². The Balaban J connectivity index is 2.29. The lowest BCUT2D eigenvalue weighted by Crippen LogP contribution is -2.52. The molecule has 106 valence electrons. The number of hydrogen-bond acceptors (Lipinski definition) is 3. The van der Waals surface area contributed by atoms with Crippen LogP contribution in [0.4, 0.5) is 4.39 Å². The Bertz CT molecular complexity index is 566. The first kappa shape index (κ1) is 14.4. The molecule has 0 saturated carbocycles. The first-order valence-corrected chi connectivity index (χ1v) is 7.82. The number of piperidine rings is 1. The van der Waals surface area contributed by atoms with Gasteiger partial charge in [-0.3, -0.25) is 0 Å². The van der Waals surface area contributed by atoms with Crippen molar-refractivity contribution in [3.05, 3.63) is 29.6 Å². The van der Waals surface area contributed by atoms with Crippen LogP contribution in [0.5, 0.6) is 0 Å². The highest BCUT2D eigenvalue weighted by Crippen LogP contribution is 2.23. The van der Waals surface area contributed by atoms with E-state index >= 15 is 0 Å². The van der Waals surface area contributed by atoms with Crippen LogP contribution in [0.3, 0.4) is 0 Å². The summed E-state index contributed by atoms with van der Waals surface area (Å²) in [5.74, 6) is -0.540. The topological polar surface area (TPSA) is 58.2 Å². The summed E-state index contributed by atoms with van der Waals surface area (Å²) in [6.45, 7) is 5.11. The lowest BCUT2D eigenvalue weighted by Gasteiger charge is -2.34. The van der Waals surface area contributed by atoms with Gasteiger partial charge < -0.3 is 5.32 Å². The molecule has 1 heterocycles. The molecule has 0 radical (unpaired) electrons. The maximum atomic E-state index is 13.2. The molecule has 4 nitrogen and oxygen atoms in total. The largest absolute Gasteiger partial charge is 0.317 e. The Kier molecular flexibility index (Phi) is 3.94. The zero-order valence-electron chi connectivity index (χ0n) is 11.2. The van der Waals surface area contributed by atoms with Gasteiger partial charge in [-0.15, -0.1) is 0 Å². The van der Waals surface area contributed by atoms with Crippen molar-refractivity contribution in [3.8, 4) is 0 Å². The zero-order chi connectivity index (χ0) is 14.1. The molecule has 6 heteroatoms. The van der Waals surface area contributed by atoms with Crippen molar-refractivity contribution >= 4 is 10.0 Å². The molecule has 0 aromatic heterocycles. The molecule has 2 rings (SSSR count). The van der Waals surface area contributed by atoms with Crippen molar-refractivity contribution in [3.63, 3.8) is 0 Å². The van der Waals surface area contributed by atoms with Crippen molar-refractivity contribution in [2.24, 2.45) is 0 Å². The minimum Gasteiger partial charge on any atom is -0.317 e. The lowest BCUT2D eigenvalue weighted by molar-refractivity contribution is 0.308. The molecule has 0 bridgehead atoms. The fourth-order valence-electron chi connectivity index (χ4n) is 2.32. The van der Waals surface area contributed by atoms with E-state index in [-0.39, 0.29) is 4.90 Å². The van der Waals surface area contributed by atoms with Gasteiger partial charge in [-0.1, -0.05) is 6.07 Å². The van der Waals surface area contributed by atoms with Crippen LogP contribution in [-0.2, 0) is 10.0 Å². The van der Waals surface area contributed by atoms with Crippen LogP contribution in [0.25, 0.3) is 0 Å². The van der Waals surface area contributed by atoms with E-state index in [9.17, 15) is 12.8 Å². The standard InChI is InChI=1S/C13H19FN2O2S/c1-10-3-4-11(14)9-12(10)19(17,18)16-13(2)5-7-15-8-6-13/h3-4,9,15-16H,5-8H2,1-2H3. The van der Waals surface area contributed by atoms with E-state index in [0.29, 0.717) is 5.56 Å². The van der Waals surface area contributed by atoms with E-state index in [2.05, 4.69) is 10.0 Å². The van der Waals surface area contributed by atoms with Crippen LogP contribution in [0, 0.1) is 12.7 Å². The maximum Gasteiger partial charge on any atom is 0.241 e. The molecule has 0 unspecified atom stereocenters. The summed E-state index contributed by atoms with van der Waals surface area (Å²) < 4.78 is 40.7. The van der Waals surface area contributed by atoms with Gasteiger partial charge in [0.05, 0.1) is 4.90 Å². The van der Waals surface area contributed by atoms with Crippen LogP contribution in [-0.4, -0.2) is 27.0 Å². The SMILES string of the molecule is Cc1ccc(F)cc1S(=O)(=O)NC1(C)CCNCC1. The number of halogens is 1. The predicted octanol–water partition coefficient (Wildman–Crippen LogP) is 1.55. The second-order valence-corrected chi connectivity index (χ2v) is 6.98. The van der Waals surface area contributed by atoms with Crippen LogP contribution < -0.4 is 10.0 Å². The molecule has 0 aliphatic carbocycles. The normalized spacial score (nSPS) is 19.3. The molecule has 0 atom stereocenters. The number of nitrogens with one attached hydrogen (secondary N) is 2. The summed E-state index contributed by atoms with van der Waals surface area (Å²) in [7, 11) is -3.69. The zero-order valence-corrected chi connectivity index (χ0v) is 12.0. The molecular weight excluding hydrogens is 267 g/mol. The third-order valence-corrected chi connectivity index (χ3v) is 5.31. The minimum absolute atomic E-state index is 0.0206. The van der Waals surface area contributed by atoms with E-state index in [0.717, 1.165) is 32.0 Å². The van der Waals surface area contributed by atoms with Crippen LogP contribution in [0.2, 0.25) is 0 Å². The Morgan fingerprint density at radius 1 is 1.32 bits per heavy atom. The highest BCUT2D eigenvalue weighted by Gasteiger charge is 2.32. The highest BCUT2D eigenvalue weighted by molar-refractivity contribution is 7.89. The molecule has 1 fully saturated rings. The molecule has 1 aromatic rings. The van der Waals surface area contributed by atoms with E-state index in [1.807, 2.05) is 6.92 Å². The van der Waals surface area contributed by atoms with E-state index in [4.69, 9.17) is 0 Å². The van der Waals surface area contributed by atoms with Crippen molar-refractivity contribution in [2.75, 3.05) is 13.1 Å². The molecule has 0 spiro atoms. The van der Waals surface area contributed by atoms with Gasteiger partial charge in [0.15, 0.2) is 0 Å². The van der Waals surface area contributed by atoms with Gasteiger partial charge in [0.2, 0.25) is 10.0 Å². The third-order valence-electron chi connectivity index (χ3n) is 3.53. The average molecular weight is 286 g/mol. The molecule has 1 aliphatic heterocycles. The van der Waals surface area contributed by atoms with Gasteiger partial charge in [-0.25, -0.2) is 17.5 Å². The highest BCUT2D eigenvalue weighted by atomic mass is 32.2. The fraction of sp³-hybridized carbons (Fsp3) is 0.538. The Labute approximate surface area is 113 Å². The monoisotopic (exact) mass is 286 g/mol. The smallest absolute Gasteiger partial charge is 0.241 e. The van der Waals surface area contributed by atoms with Gasteiger partial charge in [0.1, 0.15) is 5.82 Å². The van der Waals surface area contributed by atoms with Crippen molar-refractivity contribution in [1.29, 1.82) is 0 Å². The Morgan fingerprint density at radius 3 is 2.58 bits per heavy atom. The van der Waals surface area contributed by atoms with Crippen molar-refractivity contribution in [2.45, 2.75) is 37.1 Å². The molecule has 1 aliphatic rings. The third kappa shape index (κ3) is 3.32. The summed E-state index contributed by atoms with van der Waals surface area (Å²) in [6.07, 6.45) is 1.45. The van der Waals surface area contributed by atoms with Crippen LogP contribution in [0.15, 0.2) is 23.1 Å². The van der Waals surface area contributed by atoms with Crippen molar-refractivity contribution in [1.82, 2.24) is 10.0 Å². The van der Waals surface area contributed by atoms with Gasteiger partial charge in [0, 0.05) is 5.54 Å². The molecule has 0 amide bonds. The van der Waals surface area contributed by atoms with Gasteiger partial charge >= 0.3 is 0 Å². The molecular formula is C13H19FN2O2S. The quantitative estimate of drug-likeness (QED) is 0.886. The van der Waals surface area contributed by atoms with E-state index < -0.39 is 21.4 Å². The first-order valence-electron chi connectivity index (χ1n) is 6.33. The summed E-state index contributed by atoms with van der Waals surface area (Å²) in [4.78, 5) is 0.0206. The molecule has 2 N–H and O–H groups in total. The van der Waals surface area contributed by atoms with Crippen LogP contribution >= 0.6 is 0 Å². The lowest BCUT2D eigenvalue weighted by atomic mass is 9.92. The molecule has 1 saturated heterocycles. The molecule has 1 aromatic carbocycles. The molecule has 19 heavy (non-hydrogen) atoms. The predicted molar refractivity (Wildman–Crippen MR) is 72.0 cm³/mol. The first-order chi connectivity index (χ1) is 8.82. The number of aryl methyl sites for hydroxylation is 1. The van der Waals surface area contributed by atoms with E-state index in [1.54, 1.807) is 6.92 Å². The minimum atomic E-state index is -3.69. The summed E-state index contributed by atoms with van der Waals surface area (Å²) >= 11 is 0. The number of rotatable bonds is 3. The van der Waals surface area contributed by atoms with Gasteiger partial charge in [-0.2, -0.15) is 0 Å². The van der Waals surface area contributed by atoms with Crippen molar-refractivity contribution < 1.29 is 12.8 Å².